The van der Waals surface area contributed by atoms with Gasteiger partial charge in [-0.3, -0.25) is 0 Å². The first kappa shape index (κ1) is 10.1. The SMILES string of the molecule is CCC(O)(CN)Cc1nnn(C)n1. The van der Waals surface area contributed by atoms with Crippen LogP contribution in [-0.2, 0) is 13.5 Å². The van der Waals surface area contributed by atoms with Crippen molar-refractivity contribution in [2.45, 2.75) is 25.4 Å². The lowest BCUT2D eigenvalue weighted by Gasteiger charge is -2.22. The number of rotatable bonds is 4. The van der Waals surface area contributed by atoms with Crippen LogP contribution >= 0.6 is 0 Å². The van der Waals surface area contributed by atoms with Crippen molar-refractivity contribution in [3.8, 4) is 0 Å². The molecule has 0 aromatic carbocycles. The van der Waals surface area contributed by atoms with Crippen LogP contribution < -0.4 is 5.73 Å². The molecule has 0 aliphatic rings. The Balaban J connectivity index is 2.67. The number of aromatic nitrogens is 4. The fourth-order valence-corrected chi connectivity index (χ4v) is 1.03. The fraction of sp³-hybridized carbons (Fsp3) is 0.857. The van der Waals surface area contributed by atoms with Crippen molar-refractivity contribution in [1.29, 1.82) is 0 Å². The summed E-state index contributed by atoms with van der Waals surface area (Å²) in [6.45, 7) is 2.09. The second-order valence-electron chi connectivity index (χ2n) is 3.15. The van der Waals surface area contributed by atoms with Crippen molar-refractivity contribution in [2.24, 2.45) is 12.8 Å². The van der Waals surface area contributed by atoms with Gasteiger partial charge in [-0.1, -0.05) is 6.92 Å². The Kier molecular flexibility index (Phi) is 2.94. The Morgan fingerprint density at radius 2 is 2.31 bits per heavy atom. The van der Waals surface area contributed by atoms with E-state index in [1.807, 2.05) is 6.92 Å². The first-order chi connectivity index (χ1) is 6.09. The van der Waals surface area contributed by atoms with Gasteiger partial charge in [-0.2, -0.15) is 4.80 Å². The van der Waals surface area contributed by atoms with Gasteiger partial charge in [0.05, 0.1) is 12.6 Å². The molecule has 6 nitrogen and oxygen atoms in total. The monoisotopic (exact) mass is 185 g/mol. The molecule has 1 aromatic heterocycles. The average molecular weight is 185 g/mol. The van der Waals surface area contributed by atoms with Crippen molar-refractivity contribution >= 4 is 0 Å². The largest absolute Gasteiger partial charge is 0.388 e. The van der Waals surface area contributed by atoms with Gasteiger partial charge < -0.3 is 10.8 Å². The minimum absolute atomic E-state index is 0.210. The summed E-state index contributed by atoms with van der Waals surface area (Å²) < 4.78 is 0. The van der Waals surface area contributed by atoms with E-state index in [2.05, 4.69) is 15.4 Å². The van der Waals surface area contributed by atoms with E-state index in [-0.39, 0.29) is 6.54 Å². The summed E-state index contributed by atoms with van der Waals surface area (Å²) >= 11 is 0. The molecule has 13 heavy (non-hydrogen) atoms. The molecule has 3 N–H and O–H groups in total. The Morgan fingerprint density at radius 1 is 1.62 bits per heavy atom. The zero-order valence-corrected chi connectivity index (χ0v) is 7.93. The van der Waals surface area contributed by atoms with Crippen molar-refractivity contribution in [3.63, 3.8) is 0 Å². The quantitative estimate of drug-likeness (QED) is 0.618. The highest BCUT2D eigenvalue weighted by molar-refractivity contribution is 4.90. The van der Waals surface area contributed by atoms with Gasteiger partial charge in [0.1, 0.15) is 0 Å². The van der Waals surface area contributed by atoms with Gasteiger partial charge in [-0.15, -0.1) is 10.2 Å². The number of aryl methyl sites for hydroxylation is 1. The smallest absolute Gasteiger partial charge is 0.177 e. The van der Waals surface area contributed by atoms with Gasteiger partial charge >= 0.3 is 0 Å². The number of aliphatic hydroxyl groups is 1. The molecule has 0 fully saturated rings. The topological polar surface area (TPSA) is 89.9 Å². The van der Waals surface area contributed by atoms with Crippen LogP contribution in [0.2, 0.25) is 0 Å². The van der Waals surface area contributed by atoms with E-state index < -0.39 is 5.60 Å². The van der Waals surface area contributed by atoms with E-state index in [4.69, 9.17) is 5.73 Å². The summed E-state index contributed by atoms with van der Waals surface area (Å²) in [6.07, 6.45) is 0.940. The normalized spacial score (nSPS) is 15.7. The minimum atomic E-state index is -0.900. The maximum Gasteiger partial charge on any atom is 0.177 e. The third-order valence-electron chi connectivity index (χ3n) is 2.07. The molecule has 1 rings (SSSR count). The predicted molar refractivity (Wildman–Crippen MR) is 46.8 cm³/mol. The molecule has 1 aromatic rings. The number of hydrogen-bond donors (Lipinski definition) is 2. The van der Waals surface area contributed by atoms with Crippen molar-refractivity contribution in [2.75, 3.05) is 6.54 Å². The molecule has 0 aliphatic heterocycles. The average Bonchev–Trinajstić information content (AvgIpc) is 2.51. The fourth-order valence-electron chi connectivity index (χ4n) is 1.03. The van der Waals surface area contributed by atoms with E-state index in [0.717, 1.165) is 0 Å². The second-order valence-corrected chi connectivity index (χ2v) is 3.15. The second kappa shape index (κ2) is 3.80. The Morgan fingerprint density at radius 3 is 2.69 bits per heavy atom. The molecule has 0 saturated heterocycles. The molecule has 1 heterocycles. The Hall–Kier alpha value is -1.01. The van der Waals surface area contributed by atoms with Crippen LogP contribution in [0.25, 0.3) is 0 Å². The molecular formula is C7H15N5O. The van der Waals surface area contributed by atoms with Gasteiger partial charge in [0.25, 0.3) is 0 Å². The van der Waals surface area contributed by atoms with Crippen LogP contribution in [0.4, 0.5) is 0 Å². The molecule has 0 radical (unpaired) electrons. The number of tetrazole rings is 1. The lowest BCUT2D eigenvalue weighted by molar-refractivity contribution is 0.0435. The third kappa shape index (κ3) is 2.46. The lowest BCUT2D eigenvalue weighted by atomic mass is 9.96. The molecule has 0 aliphatic carbocycles. The van der Waals surface area contributed by atoms with Gasteiger partial charge in [0.15, 0.2) is 5.82 Å². The number of nitrogens with two attached hydrogens (primary N) is 1. The van der Waals surface area contributed by atoms with Gasteiger partial charge in [0, 0.05) is 13.0 Å². The van der Waals surface area contributed by atoms with Crippen molar-refractivity contribution < 1.29 is 5.11 Å². The predicted octanol–water partition coefficient (Wildman–Crippen LogP) is -1.15. The van der Waals surface area contributed by atoms with Gasteiger partial charge in [-0.25, -0.2) is 0 Å². The van der Waals surface area contributed by atoms with Crippen LogP contribution in [-0.4, -0.2) is 37.5 Å². The summed E-state index contributed by atoms with van der Waals surface area (Å²) in [4.78, 5) is 1.36. The van der Waals surface area contributed by atoms with Crippen LogP contribution in [0, 0.1) is 0 Å². The standard InChI is InChI=1S/C7H15N5O/c1-3-7(13,5-8)4-6-9-11-12(2)10-6/h13H,3-5,8H2,1-2H3. The zero-order valence-electron chi connectivity index (χ0n) is 7.93. The zero-order chi connectivity index (χ0) is 9.90. The molecule has 1 atom stereocenters. The molecule has 1 unspecified atom stereocenters. The van der Waals surface area contributed by atoms with Crippen molar-refractivity contribution in [1.82, 2.24) is 20.2 Å². The first-order valence-corrected chi connectivity index (χ1v) is 4.25. The summed E-state index contributed by atoms with van der Waals surface area (Å²) in [5, 5.41) is 21.3. The van der Waals surface area contributed by atoms with Gasteiger partial charge in [0.2, 0.25) is 0 Å². The maximum atomic E-state index is 9.85. The van der Waals surface area contributed by atoms with E-state index in [1.165, 1.54) is 4.80 Å². The van der Waals surface area contributed by atoms with E-state index in [9.17, 15) is 5.11 Å². The highest BCUT2D eigenvalue weighted by atomic mass is 16.3. The minimum Gasteiger partial charge on any atom is -0.388 e. The van der Waals surface area contributed by atoms with Crippen LogP contribution in [0.1, 0.15) is 19.2 Å². The van der Waals surface area contributed by atoms with E-state index >= 15 is 0 Å². The van der Waals surface area contributed by atoms with E-state index in [1.54, 1.807) is 7.05 Å². The highest BCUT2D eigenvalue weighted by Crippen LogP contribution is 2.12. The summed E-state index contributed by atoms with van der Waals surface area (Å²) in [5.41, 5.74) is 4.54. The Bertz CT molecular complexity index is 268. The molecule has 0 saturated carbocycles. The maximum absolute atomic E-state index is 9.85. The molecule has 74 valence electrons. The summed E-state index contributed by atoms with van der Waals surface area (Å²) in [6, 6.07) is 0. The van der Waals surface area contributed by atoms with Crippen molar-refractivity contribution in [3.05, 3.63) is 5.82 Å². The molecule has 0 amide bonds. The molecular weight excluding hydrogens is 170 g/mol. The molecule has 0 spiro atoms. The van der Waals surface area contributed by atoms with Crippen LogP contribution in [0.15, 0.2) is 0 Å². The molecule has 0 bridgehead atoms. The van der Waals surface area contributed by atoms with E-state index in [0.29, 0.717) is 18.7 Å². The highest BCUT2D eigenvalue weighted by Gasteiger charge is 2.25. The first-order valence-electron chi connectivity index (χ1n) is 4.25. The third-order valence-corrected chi connectivity index (χ3v) is 2.07. The van der Waals surface area contributed by atoms with Gasteiger partial charge in [-0.05, 0) is 11.6 Å². The number of hydrogen-bond acceptors (Lipinski definition) is 5. The Labute approximate surface area is 76.7 Å². The van der Waals surface area contributed by atoms with Crippen LogP contribution in [0.5, 0.6) is 0 Å². The summed E-state index contributed by atoms with van der Waals surface area (Å²) in [5.74, 6) is 0.525. The molecule has 6 heteroatoms. The van der Waals surface area contributed by atoms with Crippen LogP contribution in [0.3, 0.4) is 0 Å². The lowest BCUT2D eigenvalue weighted by Crippen LogP contribution is -2.39. The number of nitrogens with zero attached hydrogens (tertiary/aromatic N) is 4. The summed E-state index contributed by atoms with van der Waals surface area (Å²) in [7, 11) is 1.68.